The van der Waals surface area contributed by atoms with E-state index < -0.39 is 18.0 Å². The summed E-state index contributed by atoms with van der Waals surface area (Å²) in [5.41, 5.74) is 2.47. The predicted molar refractivity (Wildman–Crippen MR) is 165 cm³/mol. The number of aromatic carboxylic acids is 1. The summed E-state index contributed by atoms with van der Waals surface area (Å²) in [6.45, 7) is 1.94. The molecule has 0 saturated heterocycles. The van der Waals surface area contributed by atoms with E-state index in [9.17, 15) is 19.5 Å². The van der Waals surface area contributed by atoms with Crippen molar-refractivity contribution < 1.29 is 33.3 Å². The highest BCUT2D eigenvalue weighted by atomic mass is 32.1. The summed E-state index contributed by atoms with van der Waals surface area (Å²) in [7, 11) is 0. The number of carbonyl (C=O) groups excluding carboxylic acids is 1. The summed E-state index contributed by atoms with van der Waals surface area (Å²) in [5, 5.41) is 9.19. The molecule has 2 aliphatic rings. The van der Waals surface area contributed by atoms with Gasteiger partial charge in [0.15, 0.2) is 16.3 Å². The van der Waals surface area contributed by atoms with E-state index in [1.165, 1.54) is 28.0 Å². The molecular formula is C34H24N2O8S. The molecule has 7 rings (SSSR count). The van der Waals surface area contributed by atoms with E-state index in [0.717, 1.165) is 0 Å². The molecule has 224 valence electrons. The van der Waals surface area contributed by atoms with Crippen molar-refractivity contribution in [3.05, 3.63) is 133 Å². The van der Waals surface area contributed by atoms with Gasteiger partial charge in [0.05, 0.1) is 34.0 Å². The van der Waals surface area contributed by atoms with Crippen LogP contribution in [0.25, 0.3) is 23.1 Å². The molecule has 45 heavy (non-hydrogen) atoms. The number of thiazole rings is 1. The minimum Gasteiger partial charge on any atom is -0.478 e. The zero-order valence-electron chi connectivity index (χ0n) is 23.8. The Balaban J connectivity index is 1.40. The number of aromatic nitrogens is 1. The van der Waals surface area contributed by atoms with E-state index in [0.29, 0.717) is 54.7 Å². The molecule has 4 heterocycles. The molecule has 5 aromatic rings. The summed E-state index contributed by atoms with van der Waals surface area (Å²) >= 11 is 1.18. The van der Waals surface area contributed by atoms with Gasteiger partial charge in [-0.05, 0) is 48.9 Å². The molecule has 0 fully saturated rings. The largest absolute Gasteiger partial charge is 0.478 e. The number of furan rings is 1. The van der Waals surface area contributed by atoms with Crippen LogP contribution in [0, 0.1) is 0 Å². The number of carboxylic acids is 1. The van der Waals surface area contributed by atoms with Crippen molar-refractivity contribution in [2.24, 2.45) is 4.99 Å². The first-order valence-corrected chi connectivity index (χ1v) is 14.8. The molecule has 0 spiro atoms. The van der Waals surface area contributed by atoms with Crippen LogP contribution in [0.4, 0.5) is 0 Å². The third-order valence-electron chi connectivity index (χ3n) is 7.40. The summed E-state index contributed by atoms with van der Waals surface area (Å²) in [6.07, 6.45) is 1.63. The number of benzene rings is 3. The molecule has 11 heteroatoms. The Morgan fingerprint density at radius 3 is 2.53 bits per heavy atom. The van der Waals surface area contributed by atoms with Crippen LogP contribution < -0.4 is 24.4 Å². The maximum atomic E-state index is 14.1. The molecule has 2 aromatic heterocycles. The number of esters is 1. The molecule has 0 radical (unpaired) electrons. The number of hydrogen-bond acceptors (Lipinski definition) is 9. The van der Waals surface area contributed by atoms with Crippen LogP contribution in [0.1, 0.15) is 40.2 Å². The molecule has 0 aliphatic carbocycles. The average Bonchev–Trinajstić information content (AvgIpc) is 3.80. The smallest absolute Gasteiger partial charge is 0.338 e. The van der Waals surface area contributed by atoms with Crippen molar-refractivity contribution in [3.63, 3.8) is 0 Å². The number of fused-ring (bicyclic) bond motifs is 2. The number of rotatable bonds is 7. The lowest BCUT2D eigenvalue weighted by Crippen LogP contribution is -2.40. The lowest BCUT2D eigenvalue weighted by atomic mass is 9.93. The van der Waals surface area contributed by atoms with Crippen LogP contribution >= 0.6 is 11.3 Å². The highest BCUT2D eigenvalue weighted by Crippen LogP contribution is 2.40. The standard InChI is InChI=1S/C34H24N2O8S/c1-2-41-33(40)28-29(20-6-4-3-5-7-20)35-34-36(30(28)22-12-14-25-26(16-22)43-18-42-25)31(37)27(45-34)17-23-13-15-24(44-23)19-8-10-21(11-9-19)32(38)39/h3-17,30H,2,18H2,1H3,(H,38,39)/b27-17+/t30-/m0/s1. The van der Waals surface area contributed by atoms with Crippen LogP contribution in [0.3, 0.4) is 0 Å². The van der Waals surface area contributed by atoms with E-state index >= 15 is 0 Å². The van der Waals surface area contributed by atoms with Crippen LogP contribution in [0.2, 0.25) is 0 Å². The lowest BCUT2D eigenvalue weighted by molar-refractivity contribution is -0.138. The van der Waals surface area contributed by atoms with Crippen molar-refractivity contribution in [2.45, 2.75) is 13.0 Å². The Hall–Kier alpha value is -5.68. The third kappa shape index (κ3) is 5.12. The van der Waals surface area contributed by atoms with Crippen LogP contribution in [0.5, 0.6) is 11.5 Å². The van der Waals surface area contributed by atoms with E-state index in [4.69, 9.17) is 23.6 Å². The first kappa shape index (κ1) is 28.1. The van der Waals surface area contributed by atoms with Crippen molar-refractivity contribution in [1.82, 2.24) is 4.57 Å². The second kappa shape index (κ2) is 11.4. The zero-order valence-corrected chi connectivity index (χ0v) is 24.6. The fraction of sp³-hybridized carbons (Fsp3) is 0.118. The first-order chi connectivity index (χ1) is 21.9. The first-order valence-electron chi connectivity index (χ1n) is 14.0. The van der Waals surface area contributed by atoms with Gasteiger partial charge in [-0.3, -0.25) is 9.36 Å². The number of ether oxygens (including phenoxy) is 3. The van der Waals surface area contributed by atoms with Crippen LogP contribution in [-0.2, 0) is 9.53 Å². The Morgan fingerprint density at radius 2 is 1.78 bits per heavy atom. The van der Waals surface area contributed by atoms with E-state index in [1.54, 1.807) is 55.5 Å². The molecule has 10 nitrogen and oxygen atoms in total. The molecule has 0 unspecified atom stereocenters. The summed E-state index contributed by atoms with van der Waals surface area (Å²) in [4.78, 5) is 44.3. The van der Waals surface area contributed by atoms with Gasteiger partial charge in [0.2, 0.25) is 6.79 Å². The molecule has 2 aliphatic heterocycles. The summed E-state index contributed by atoms with van der Waals surface area (Å²) < 4.78 is 24.5. The second-order valence-electron chi connectivity index (χ2n) is 10.1. The normalized spacial score (nSPS) is 15.5. The van der Waals surface area contributed by atoms with E-state index in [1.807, 2.05) is 30.3 Å². The SMILES string of the molecule is CCOC(=O)C1=C(c2ccccc2)N=c2s/c(=C/c3ccc(-c4ccc(C(=O)O)cc4)o3)c(=O)n2[C@H]1c1ccc2c(c1)OCO2. The Bertz CT molecular complexity index is 2180. The van der Waals surface area contributed by atoms with E-state index in [-0.39, 0.29) is 30.1 Å². The quantitative estimate of drug-likeness (QED) is 0.261. The summed E-state index contributed by atoms with van der Waals surface area (Å²) in [5.74, 6) is 0.419. The minimum absolute atomic E-state index is 0.0756. The van der Waals surface area contributed by atoms with Crippen molar-refractivity contribution in [2.75, 3.05) is 13.4 Å². The third-order valence-corrected chi connectivity index (χ3v) is 8.39. The Labute approximate surface area is 259 Å². The van der Waals surface area contributed by atoms with Gasteiger partial charge in [0.25, 0.3) is 5.56 Å². The fourth-order valence-corrected chi connectivity index (χ4v) is 6.31. The zero-order chi connectivity index (χ0) is 31.1. The number of carboxylic acid groups (broad SMARTS) is 1. The van der Waals surface area contributed by atoms with Gasteiger partial charge in [0, 0.05) is 17.2 Å². The van der Waals surface area contributed by atoms with Crippen molar-refractivity contribution in [1.29, 1.82) is 0 Å². The van der Waals surface area contributed by atoms with E-state index in [2.05, 4.69) is 0 Å². The maximum Gasteiger partial charge on any atom is 0.338 e. The molecular weight excluding hydrogens is 596 g/mol. The van der Waals surface area contributed by atoms with Gasteiger partial charge in [-0.1, -0.05) is 59.9 Å². The fourth-order valence-electron chi connectivity index (χ4n) is 5.33. The average molecular weight is 621 g/mol. The van der Waals surface area contributed by atoms with Gasteiger partial charge in [-0.15, -0.1) is 0 Å². The second-order valence-corrected chi connectivity index (χ2v) is 11.1. The van der Waals surface area contributed by atoms with Crippen LogP contribution in [0.15, 0.2) is 105 Å². The highest BCUT2D eigenvalue weighted by molar-refractivity contribution is 7.07. The Morgan fingerprint density at radius 1 is 1.00 bits per heavy atom. The lowest BCUT2D eigenvalue weighted by Gasteiger charge is -2.26. The van der Waals surface area contributed by atoms with Gasteiger partial charge in [-0.2, -0.15) is 0 Å². The maximum absolute atomic E-state index is 14.1. The van der Waals surface area contributed by atoms with Gasteiger partial charge in [-0.25, -0.2) is 14.6 Å². The molecule has 1 atom stereocenters. The van der Waals surface area contributed by atoms with Gasteiger partial charge < -0.3 is 23.7 Å². The Kier molecular flexibility index (Phi) is 7.14. The minimum atomic E-state index is -1.02. The monoisotopic (exact) mass is 620 g/mol. The van der Waals surface area contributed by atoms with Gasteiger partial charge >= 0.3 is 11.9 Å². The van der Waals surface area contributed by atoms with Crippen molar-refractivity contribution >= 4 is 35.0 Å². The molecule has 1 N–H and O–H groups in total. The number of hydrogen-bond donors (Lipinski definition) is 1. The summed E-state index contributed by atoms with van der Waals surface area (Å²) in [6, 6.07) is 23.6. The molecule has 0 saturated carbocycles. The molecule has 0 bridgehead atoms. The molecule has 0 amide bonds. The number of carbonyl (C=O) groups is 2. The molecule has 3 aromatic carbocycles. The topological polar surface area (TPSA) is 130 Å². The van der Waals surface area contributed by atoms with Gasteiger partial charge in [0.1, 0.15) is 11.5 Å². The van der Waals surface area contributed by atoms with Crippen molar-refractivity contribution in [3.8, 4) is 22.8 Å². The number of nitrogens with zero attached hydrogens (tertiary/aromatic N) is 2. The predicted octanol–water partition coefficient (Wildman–Crippen LogP) is 4.62. The van der Waals surface area contributed by atoms with Crippen LogP contribution in [-0.4, -0.2) is 35.0 Å². The highest BCUT2D eigenvalue weighted by Gasteiger charge is 2.36.